The number of hydrogen-bond acceptors (Lipinski definition) is 2. The van der Waals surface area contributed by atoms with Crippen molar-refractivity contribution >= 4 is 5.97 Å². The third kappa shape index (κ3) is 9.12. The average Bonchev–Trinajstić information content (AvgIpc) is 2.03. The fourth-order valence-electron chi connectivity index (χ4n) is 0.991. The van der Waals surface area contributed by atoms with Gasteiger partial charge in [-0.3, -0.25) is 4.79 Å². The van der Waals surface area contributed by atoms with Gasteiger partial charge >= 0.3 is 5.97 Å². The molecule has 0 fully saturated rings. The molecule has 0 aromatic carbocycles. The molecule has 0 unspecified atom stereocenters. The van der Waals surface area contributed by atoms with Crippen molar-refractivity contribution in [2.45, 2.75) is 46.0 Å². The zero-order valence-electron chi connectivity index (χ0n) is 8.77. The number of unbranched alkanes of at least 4 members (excludes halogenated alkanes) is 1. The van der Waals surface area contributed by atoms with Crippen molar-refractivity contribution in [3.63, 3.8) is 0 Å². The maximum atomic E-state index is 10.9. The summed E-state index contributed by atoms with van der Waals surface area (Å²) in [5.41, 5.74) is 1.19. The normalized spacial score (nSPS) is 9.69. The Morgan fingerprint density at radius 3 is 2.54 bits per heavy atom. The molecule has 0 amide bonds. The molecule has 76 valence electrons. The van der Waals surface area contributed by atoms with Crippen molar-refractivity contribution in [2.75, 3.05) is 6.61 Å². The molecule has 0 heterocycles. The van der Waals surface area contributed by atoms with Crippen molar-refractivity contribution in [1.29, 1.82) is 0 Å². The van der Waals surface area contributed by atoms with Crippen LogP contribution in [-0.2, 0) is 9.53 Å². The minimum Gasteiger partial charge on any atom is -0.466 e. The van der Waals surface area contributed by atoms with E-state index in [1.165, 1.54) is 5.57 Å². The molecule has 2 nitrogen and oxygen atoms in total. The van der Waals surface area contributed by atoms with Crippen LogP contribution in [0.1, 0.15) is 46.0 Å². The van der Waals surface area contributed by atoms with Gasteiger partial charge in [-0.05, 0) is 32.6 Å². The quantitative estimate of drug-likeness (QED) is 0.345. The zero-order valence-corrected chi connectivity index (χ0v) is 8.77. The molecule has 0 N–H and O–H groups in total. The first-order valence-corrected chi connectivity index (χ1v) is 4.96. The lowest BCUT2D eigenvalue weighted by Gasteiger charge is -2.03. The van der Waals surface area contributed by atoms with Crippen LogP contribution in [0, 0.1) is 0 Å². The second-order valence-electron chi connectivity index (χ2n) is 3.38. The van der Waals surface area contributed by atoms with E-state index in [0.717, 1.165) is 25.7 Å². The maximum absolute atomic E-state index is 10.9. The molecule has 0 aliphatic carbocycles. The van der Waals surface area contributed by atoms with E-state index >= 15 is 0 Å². The summed E-state index contributed by atoms with van der Waals surface area (Å²) in [6.07, 6.45) is 4.45. The molecule has 0 aliphatic heterocycles. The Morgan fingerprint density at radius 1 is 1.31 bits per heavy atom. The number of esters is 1. The summed E-state index contributed by atoms with van der Waals surface area (Å²) in [7, 11) is 0. The summed E-state index contributed by atoms with van der Waals surface area (Å²) in [5.74, 6) is -0.0715. The molecule has 0 aromatic heterocycles. The largest absolute Gasteiger partial charge is 0.466 e. The molecule has 0 spiro atoms. The van der Waals surface area contributed by atoms with Crippen LogP contribution < -0.4 is 0 Å². The third-order valence-electron chi connectivity index (χ3n) is 1.72. The van der Waals surface area contributed by atoms with Gasteiger partial charge in [-0.2, -0.15) is 0 Å². The number of rotatable bonds is 7. The Morgan fingerprint density at radius 2 is 2.00 bits per heavy atom. The number of ether oxygens (including phenoxy) is 1. The van der Waals surface area contributed by atoms with Crippen LogP contribution in [0.25, 0.3) is 0 Å². The Kier molecular flexibility index (Phi) is 7.36. The minimum atomic E-state index is -0.0715. The molecular formula is C11H20O2. The smallest absolute Gasteiger partial charge is 0.305 e. The summed E-state index contributed by atoms with van der Waals surface area (Å²) in [4.78, 5) is 10.9. The fraction of sp³-hybridized carbons (Fsp3) is 0.727. The minimum absolute atomic E-state index is 0.0715. The highest BCUT2D eigenvalue weighted by atomic mass is 16.5. The highest BCUT2D eigenvalue weighted by Crippen LogP contribution is 2.04. The van der Waals surface area contributed by atoms with E-state index in [2.05, 4.69) is 6.58 Å². The van der Waals surface area contributed by atoms with Gasteiger partial charge in [0.15, 0.2) is 0 Å². The first-order valence-electron chi connectivity index (χ1n) is 4.96. The molecule has 0 bridgehead atoms. The van der Waals surface area contributed by atoms with Crippen LogP contribution in [0.2, 0.25) is 0 Å². The van der Waals surface area contributed by atoms with E-state index in [-0.39, 0.29) is 5.97 Å². The van der Waals surface area contributed by atoms with Gasteiger partial charge in [-0.1, -0.05) is 12.5 Å². The number of allylic oxidation sites excluding steroid dienone is 1. The van der Waals surface area contributed by atoms with Crippen LogP contribution in [-0.4, -0.2) is 12.6 Å². The molecule has 0 aliphatic rings. The third-order valence-corrected chi connectivity index (χ3v) is 1.72. The van der Waals surface area contributed by atoms with Crippen LogP contribution in [0.5, 0.6) is 0 Å². The van der Waals surface area contributed by atoms with Gasteiger partial charge in [-0.25, -0.2) is 0 Å². The summed E-state index contributed by atoms with van der Waals surface area (Å²) < 4.78 is 5.00. The lowest BCUT2D eigenvalue weighted by Crippen LogP contribution is -2.04. The predicted molar refractivity (Wildman–Crippen MR) is 54.5 cm³/mol. The monoisotopic (exact) mass is 184 g/mol. The summed E-state index contributed by atoms with van der Waals surface area (Å²) >= 11 is 0. The predicted octanol–water partition coefficient (Wildman–Crippen LogP) is 3.08. The highest BCUT2D eigenvalue weighted by molar-refractivity contribution is 5.69. The topological polar surface area (TPSA) is 26.3 Å². The number of hydrogen-bond donors (Lipinski definition) is 0. The molecule has 0 saturated heterocycles. The van der Waals surface area contributed by atoms with Crippen LogP contribution in [0.3, 0.4) is 0 Å². The van der Waals surface area contributed by atoms with Gasteiger partial charge in [0.1, 0.15) is 0 Å². The molecule has 0 radical (unpaired) electrons. The zero-order chi connectivity index (χ0) is 10.1. The Labute approximate surface area is 81.0 Å². The molecule has 2 heteroatoms. The first-order chi connectivity index (χ1) is 6.16. The standard InChI is InChI=1S/C11H20O2/c1-4-7-11(12)13-9-6-5-8-10(2)3/h2,4-9H2,1,3H3. The Balaban J connectivity index is 3.16. The molecule has 0 rings (SSSR count). The molecule has 0 saturated carbocycles. The Bertz CT molecular complexity index is 161. The van der Waals surface area contributed by atoms with Gasteiger partial charge in [0.05, 0.1) is 6.61 Å². The number of carbonyl (C=O) groups is 1. The van der Waals surface area contributed by atoms with Crippen molar-refractivity contribution in [2.24, 2.45) is 0 Å². The van der Waals surface area contributed by atoms with E-state index in [0.29, 0.717) is 13.0 Å². The van der Waals surface area contributed by atoms with Crippen LogP contribution in [0.15, 0.2) is 12.2 Å². The second-order valence-corrected chi connectivity index (χ2v) is 3.38. The summed E-state index contributed by atoms with van der Waals surface area (Å²) in [5, 5.41) is 0. The molecular weight excluding hydrogens is 164 g/mol. The van der Waals surface area contributed by atoms with Crippen molar-refractivity contribution in [1.82, 2.24) is 0 Å². The SMILES string of the molecule is C=C(C)CCCCOC(=O)CCC. The molecule has 0 aromatic rings. The van der Waals surface area contributed by atoms with Gasteiger partial charge < -0.3 is 4.74 Å². The average molecular weight is 184 g/mol. The van der Waals surface area contributed by atoms with Crippen LogP contribution in [0.4, 0.5) is 0 Å². The molecule has 0 atom stereocenters. The van der Waals surface area contributed by atoms with E-state index in [1.807, 2.05) is 13.8 Å². The van der Waals surface area contributed by atoms with E-state index < -0.39 is 0 Å². The van der Waals surface area contributed by atoms with E-state index in [9.17, 15) is 4.79 Å². The summed E-state index contributed by atoms with van der Waals surface area (Å²) in [6.45, 7) is 8.36. The van der Waals surface area contributed by atoms with Gasteiger partial charge in [0, 0.05) is 6.42 Å². The lowest BCUT2D eigenvalue weighted by atomic mass is 10.1. The lowest BCUT2D eigenvalue weighted by molar-refractivity contribution is -0.143. The van der Waals surface area contributed by atoms with Crippen molar-refractivity contribution in [3.05, 3.63) is 12.2 Å². The van der Waals surface area contributed by atoms with E-state index in [4.69, 9.17) is 4.74 Å². The Hall–Kier alpha value is -0.790. The van der Waals surface area contributed by atoms with Gasteiger partial charge in [-0.15, -0.1) is 6.58 Å². The fourth-order valence-corrected chi connectivity index (χ4v) is 0.991. The van der Waals surface area contributed by atoms with Crippen molar-refractivity contribution < 1.29 is 9.53 Å². The first kappa shape index (κ1) is 12.2. The number of carbonyl (C=O) groups excluding carboxylic acids is 1. The van der Waals surface area contributed by atoms with Gasteiger partial charge in [0.25, 0.3) is 0 Å². The highest BCUT2D eigenvalue weighted by Gasteiger charge is 1.99. The second kappa shape index (κ2) is 7.84. The van der Waals surface area contributed by atoms with Crippen molar-refractivity contribution in [3.8, 4) is 0 Å². The van der Waals surface area contributed by atoms with Gasteiger partial charge in [0.2, 0.25) is 0 Å². The van der Waals surface area contributed by atoms with E-state index in [1.54, 1.807) is 0 Å². The molecule has 13 heavy (non-hydrogen) atoms. The maximum Gasteiger partial charge on any atom is 0.305 e. The van der Waals surface area contributed by atoms with Crippen LogP contribution >= 0.6 is 0 Å². The summed E-state index contributed by atoms with van der Waals surface area (Å²) in [6, 6.07) is 0.